The topological polar surface area (TPSA) is 79.8 Å². The Morgan fingerprint density at radius 3 is 2.33 bits per heavy atom. The van der Waals surface area contributed by atoms with Gasteiger partial charge in [-0.05, 0) is 36.4 Å². The van der Waals surface area contributed by atoms with Gasteiger partial charge in [-0.2, -0.15) is 0 Å². The lowest BCUT2D eigenvalue weighted by Gasteiger charge is -2.05. The summed E-state index contributed by atoms with van der Waals surface area (Å²) >= 11 is 1.59. The number of hydrogen-bond donors (Lipinski definition) is 2. The fourth-order valence-electron chi connectivity index (χ4n) is 2.67. The molecule has 0 aliphatic rings. The number of anilines is 1. The number of fused-ring (bicyclic) bond motifs is 1. The maximum Gasteiger partial charge on any atom is 0.270 e. The van der Waals surface area contributed by atoms with E-state index in [2.05, 4.69) is 25.6 Å². The van der Waals surface area contributed by atoms with Gasteiger partial charge in [0.05, 0.1) is 29.5 Å². The molecule has 0 radical (unpaired) electrons. The lowest BCUT2D eigenvalue weighted by Crippen LogP contribution is -2.24. The SMILES string of the molecule is O=C(NCc1ccccn1)c1nccc2sc(NCc3ccccn3)cc12. The minimum Gasteiger partial charge on any atom is -0.371 e. The van der Waals surface area contributed by atoms with Gasteiger partial charge in [0.2, 0.25) is 0 Å². The smallest absolute Gasteiger partial charge is 0.270 e. The molecule has 4 heterocycles. The minimum atomic E-state index is -0.208. The summed E-state index contributed by atoms with van der Waals surface area (Å²) in [7, 11) is 0. The van der Waals surface area contributed by atoms with Crippen LogP contribution in [-0.4, -0.2) is 20.9 Å². The molecule has 0 aliphatic carbocycles. The van der Waals surface area contributed by atoms with Gasteiger partial charge in [0, 0.05) is 28.7 Å². The van der Waals surface area contributed by atoms with E-state index in [1.54, 1.807) is 29.9 Å². The highest BCUT2D eigenvalue weighted by Crippen LogP contribution is 2.31. The second kappa shape index (κ2) is 7.92. The number of rotatable bonds is 6. The van der Waals surface area contributed by atoms with Crippen LogP contribution in [0.3, 0.4) is 0 Å². The average molecular weight is 375 g/mol. The van der Waals surface area contributed by atoms with Crippen molar-refractivity contribution in [1.29, 1.82) is 0 Å². The van der Waals surface area contributed by atoms with E-state index >= 15 is 0 Å². The second-order valence-electron chi connectivity index (χ2n) is 5.86. The maximum atomic E-state index is 12.6. The number of thiophene rings is 1. The largest absolute Gasteiger partial charge is 0.371 e. The Morgan fingerprint density at radius 2 is 1.63 bits per heavy atom. The van der Waals surface area contributed by atoms with Crippen LogP contribution in [0.4, 0.5) is 5.00 Å². The van der Waals surface area contributed by atoms with Gasteiger partial charge in [-0.15, -0.1) is 11.3 Å². The molecule has 6 nitrogen and oxygen atoms in total. The normalized spacial score (nSPS) is 10.7. The molecule has 2 N–H and O–H groups in total. The molecular weight excluding hydrogens is 358 g/mol. The second-order valence-corrected chi connectivity index (χ2v) is 6.94. The Morgan fingerprint density at radius 1 is 0.889 bits per heavy atom. The molecule has 0 unspecified atom stereocenters. The predicted molar refractivity (Wildman–Crippen MR) is 107 cm³/mol. The third-order valence-corrected chi connectivity index (χ3v) is 5.04. The molecular formula is C20H17N5OS. The molecule has 0 spiro atoms. The first-order valence-electron chi connectivity index (χ1n) is 8.50. The number of nitrogens with zero attached hydrogens (tertiary/aromatic N) is 3. The van der Waals surface area contributed by atoms with Crippen molar-refractivity contribution < 1.29 is 4.79 Å². The van der Waals surface area contributed by atoms with Gasteiger partial charge in [0.25, 0.3) is 5.91 Å². The van der Waals surface area contributed by atoms with Gasteiger partial charge in [0.15, 0.2) is 0 Å². The summed E-state index contributed by atoms with van der Waals surface area (Å²) in [6.07, 6.45) is 5.14. The molecule has 0 bridgehead atoms. The number of nitrogens with one attached hydrogen (secondary N) is 2. The summed E-state index contributed by atoms with van der Waals surface area (Å²) in [5.41, 5.74) is 2.19. The van der Waals surface area contributed by atoms with E-state index in [1.165, 1.54) is 0 Å². The first kappa shape index (κ1) is 17.1. The Bertz CT molecular complexity index is 1050. The molecule has 0 fully saturated rings. The highest BCUT2D eigenvalue weighted by atomic mass is 32.1. The zero-order valence-electron chi connectivity index (χ0n) is 14.4. The van der Waals surface area contributed by atoms with Crippen LogP contribution in [0.25, 0.3) is 10.1 Å². The van der Waals surface area contributed by atoms with Gasteiger partial charge in [-0.25, -0.2) is 0 Å². The molecule has 7 heteroatoms. The number of aromatic nitrogens is 3. The van der Waals surface area contributed by atoms with E-state index in [9.17, 15) is 4.79 Å². The maximum absolute atomic E-state index is 12.6. The molecule has 1 amide bonds. The fourth-order valence-corrected chi connectivity index (χ4v) is 3.62. The standard InChI is InChI=1S/C20H17N5OS/c26-20(25-13-15-6-2-4-9-22-15)19-16-11-18(27-17(16)7-10-23-19)24-12-14-5-1-3-8-21-14/h1-11,24H,12-13H2,(H,25,26). The van der Waals surface area contributed by atoms with E-state index in [-0.39, 0.29) is 5.91 Å². The van der Waals surface area contributed by atoms with Gasteiger partial charge >= 0.3 is 0 Å². The van der Waals surface area contributed by atoms with E-state index in [0.717, 1.165) is 26.5 Å². The quantitative estimate of drug-likeness (QED) is 0.538. The first-order chi connectivity index (χ1) is 13.3. The number of amides is 1. The monoisotopic (exact) mass is 375 g/mol. The number of pyridine rings is 3. The number of carbonyl (C=O) groups is 1. The van der Waals surface area contributed by atoms with E-state index in [0.29, 0.717) is 18.8 Å². The van der Waals surface area contributed by atoms with E-state index in [1.807, 2.05) is 48.5 Å². The van der Waals surface area contributed by atoms with Crippen molar-refractivity contribution in [2.45, 2.75) is 13.1 Å². The summed E-state index contributed by atoms with van der Waals surface area (Å²) in [6.45, 7) is 0.995. The fraction of sp³-hybridized carbons (Fsp3) is 0.100. The van der Waals surface area contributed by atoms with E-state index in [4.69, 9.17) is 0 Å². The molecule has 134 valence electrons. The molecule has 0 saturated carbocycles. The Hall–Kier alpha value is -3.32. The van der Waals surface area contributed by atoms with Gasteiger partial charge in [0.1, 0.15) is 5.69 Å². The van der Waals surface area contributed by atoms with Gasteiger partial charge in [-0.1, -0.05) is 12.1 Å². The zero-order valence-corrected chi connectivity index (χ0v) is 15.2. The number of carbonyl (C=O) groups excluding carboxylic acids is 1. The summed E-state index contributed by atoms with van der Waals surface area (Å²) in [6, 6.07) is 15.3. The molecule has 0 saturated heterocycles. The zero-order chi connectivity index (χ0) is 18.5. The minimum absolute atomic E-state index is 0.208. The molecule has 0 atom stereocenters. The third kappa shape index (κ3) is 4.09. The van der Waals surface area contributed by atoms with Crippen LogP contribution in [0.1, 0.15) is 21.9 Å². The molecule has 0 aromatic carbocycles. The van der Waals surface area contributed by atoms with Crippen LogP contribution in [0.5, 0.6) is 0 Å². The van der Waals surface area contributed by atoms with Crippen LogP contribution < -0.4 is 10.6 Å². The lowest BCUT2D eigenvalue weighted by atomic mass is 10.2. The van der Waals surface area contributed by atoms with Crippen molar-refractivity contribution in [1.82, 2.24) is 20.3 Å². The summed E-state index contributed by atoms with van der Waals surface area (Å²) < 4.78 is 1.01. The highest BCUT2D eigenvalue weighted by molar-refractivity contribution is 7.22. The number of hydrogen-bond acceptors (Lipinski definition) is 6. The highest BCUT2D eigenvalue weighted by Gasteiger charge is 2.14. The van der Waals surface area contributed by atoms with Crippen molar-refractivity contribution in [2.24, 2.45) is 0 Å². The van der Waals surface area contributed by atoms with Crippen LogP contribution >= 0.6 is 11.3 Å². The van der Waals surface area contributed by atoms with Crippen LogP contribution in [0, 0.1) is 0 Å². The van der Waals surface area contributed by atoms with Gasteiger partial charge < -0.3 is 10.6 Å². The van der Waals surface area contributed by atoms with E-state index < -0.39 is 0 Å². The van der Waals surface area contributed by atoms with Crippen molar-refractivity contribution in [3.8, 4) is 0 Å². The molecule has 27 heavy (non-hydrogen) atoms. The molecule has 4 aromatic rings. The third-order valence-electron chi connectivity index (χ3n) is 3.99. The summed E-state index contributed by atoms with van der Waals surface area (Å²) in [5, 5.41) is 8.06. The van der Waals surface area contributed by atoms with Crippen molar-refractivity contribution in [2.75, 3.05) is 5.32 Å². The average Bonchev–Trinajstić information content (AvgIpc) is 3.15. The van der Waals surface area contributed by atoms with Crippen LogP contribution in [0.2, 0.25) is 0 Å². The Labute approximate surface area is 160 Å². The summed E-state index contributed by atoms with van der Waals surface area (Å²) in [4.78, 5) is 25.4. The van der Waals surface area contributed by atoms with Crippen LogP contribution in [-0.2, 0) is 13.1 Å². The molecule has 4 rings (SSSR count). The Balaban J connectivity index is 1.49. The predicted octanol–water partition coefficient (Wildman–Crippen LogP) is 3.63. The van der Waals surface area contributed by atoms with Crippen molar-refractivity contribution in [3.05, 3.63) is 84.2 Å². The Kier molecular flexibility index (Phi) is 5.02. The molecule has 0 aliphatic heterocycles. The molecule has 4 aromatic heterocycles. The first-order valence-corrected chi connectivity index (χ1v) is 9.32. The lowest BCUT2D eigenvalue weighted by molar-refractivity contribution is 0.0947. The summed E-state index contributed by atoms with van der Waals surface area (Å²) in [5.74, 6) is -0.208. The van der Waals surface area contributed by atoms with Crippen molar-refractivity contribution >= 4 is 32.3 Å². The van der Waals surface area contributed by atoms with Crippen molar-refractivity contribution in [3.63, 3.8) is 0 Å². The van der Waals surface area contributed by atoms with Gasteiger partial charge in [-0.3, -0.25) is 19.7 Å². The van der Waals surface area contributed by atoms with Crippen LogP contribution in [0.15, 0.2) is 67.1 Å².